The fraction of sp³-hybridized carbons (Fsp3) is 0.292. The van der Waals surface area contributed by atoms with Crippen molar-refractivity contribution in [3.8, 4) is 0 Å². The molecule has 5 rings (SSSR count). The minimum atomic E-state index is -0.531. The number of aryl methyl sites for hydroxylation is 2. The lowest BCUT2D eigenvalue weighted by molar-refractivity contribution is -0.124. The molecule has 2 atom stereocenters. The predicted molar refractivity (Wildman–Crippen MR) is 117 cm³/mol. The summed E-state index contributed by atoms with van der Waals surface area (Å²) in [4.78, 5) is 26.3. The van der Waals surface area contributed by atoms with Crippen LogP contribution in [0.25, 0.3) is 21.8 Å². The van der Waals surface area contributed by atoms with Crippen LogP contribution < -0.4 is 10.9 Å². The molecule has 152 valence electrons. The number of rotatable bonds is 3. The van der Waals surface area contributed by atoms with E-state index in [-0.39, 0.29) is 17.5 Å². The van der Waals surface area contributed by atoms with Gasteiger partial charge in [-0.05, 0) is 43.4 Å². The van der Waals surface area contributed by atoms with Crippen molar-refractivity contribution < 1.29 is 4.79 Å². The van der Waals surface area contributed by atoms with Crippen LogP contribution in [-0.4, -0.2) is 20.3 Å². The Labute approximate surface area is 174 Å². The standard InChI is InChI=1S/C24H24N4O2/c1-15(23(29)26-20-12-7-9-16-8-3-4-10-17(16)20)28-21-13-6-5-11-18(21)19-14-25-27(2)24(30)22(19)28/h3-6,8,10-11,13-15,20H,7,9,12H2,1-2H3,(H,26,29). The smallest absolute Gasteiger partial charge is 0.291 e. The summed E-state index contributed by atoms with van der Waals surface area (Å²) in [5.41, 5.74) is 3.68. The van der Waals surface area contributed by atoms with Crippen LogP contribution in [-0.2, 0) is 18.3 Å². The highest BCUT2D eigenvalue weighted by Gasteiger charge is 2.27. The van der Waals surface area contributed by atoms with Gasteiger partial charge in [0.25, 0.3) is 5.56 Å². The van der Waals surface area contributed by atoms with Crippen LogP contribution in [0.1, 0.15) is 43.0 Å². The lowest BCUT2D eigenvalue weighted by Gasteiger charge is -2.28. The van der Waals surface area contributed by atoms with Crippen LogP contribution in [0.3, 0.4) is 0 Å². The molecule has 2 unspecified atom stereocenters. The summed E-state index contributed by atoms with van der Waals surface area (Å²) in [6, 6.07) is 15.6. The van der Waals surface area contributed by atoms with E-state index >= 15 is 0 Å². The molecule has 30 heavy (non-hydrogen) atoms. The van der Waals surface area contributed by atoms with Crippen molar-refractivity contribution in [3.63, 3.8) is 0 Å². The van der Waals surface area contributed by atoms with Gasteiger partial charge in [0.15, 0.2) is 0 Å². The minimum absolute atomic E-state index is 0.00231. The average Bonchev–Trinajstić information content (AvgIpc) is 3.11. The third kappa shape index (κ3) is 2.83. The van der Waals surface area contributed by atoms with Crippen molar-refractivity contribution in [2.75, 3.05) is 0 Å². The topological polar surface area (TPSA) is 68.9 Å². The van der Waals surface area contributed by atoms with E-state index < -0.39 is 6.04 Å². The molecule has 2 aromatic carbocycles. The summed E-state index contributed by atoms with van der Waals surface area (Å²) >= 11 is 0. The van der Waals surface area contributed by atoms with Crippen LogP contribution >= 0.6 is 0 Å². The van der Waals surface area contributed by atoms with Gasteiger partial charge in [-0.1, -0.05) is 42.5 Å². The lowest BCUT2D eigenvalue weighted by Crippen LogP contribution is -2.36. The molecule has 1 aliphatic carbocycles. The van der Waals surface area contributed by atoms with Gasteiger partial charge < -0.3 is 9.88 Å². The highest BCUT2D eigenvalue weighted by atomic mass is 16.2. The maximum Gasteiger partial charge on any atom is 0.291 e. The van der Waals surface area contributed by atoms with Crippen molar-refractivity contribution in [2.45, 2.75) is 38.3 Å². The van der Waals surface area contributed by atoms with Crippen LogP contribution in [0.4, 0.5) is 0 Å². The van der Waals surface area contributed by atoms with Gasteiger partial charge in [-0.15, -0.1) is 0 Å². The number of amides is 1. The zero-order valence-corrected chi connectivity index (χ0v) is 17.1. The number of hydrogen-bond donors (Lipinski definition) is 1. The summed E-state index contributed by atoms with van der Waals surface area (Å²) in [6.07, 6.45) is 4.73. The molecule has 0 aliphatic heterocycles. The lowest BCUT2D eigenvalue weighted by atomic mass is 9.87. The molecule has 1 aliphatic rings. The quantitative estimate of drug-likeness (QED) is 0.571. The van der Waals surface area contributed by atoms with Crippen molar-refractivity contribution >= 4 is 27.7 Å². The Morgan fingerprint density at radius 1 is 1.13 bits per heavy atom. The highest BCUT2D eigenvalue weighted by Crippen LogP contribution is 2.32. The molecule has 6 heteroatoms. The second-order valence-corrected chi connectivity index (χ2v) is 8.05. The van der Waals surface area contributed by atoms with Gasteiger partial charge in [-0.3, -0.25) is 9.59 Å². The van der Waals surface area contributed by atoms with Crippen LogP contribution in [0.15, 0.2) is 59.5 Å². The fourth-order valence-corrected chi connectivity index (χ4v) is 4.70. The third-order valence-corrected chi connectivity index (χ3v) is 6.26. The second kappa shape index (κ2) is 7.13. The number of carbonyl (C=O) groups is 1. The zero-order chi connectivity index (χ0) is 20.8. The molecule has 0 spiro atoms. The Bertz CT molecular complexity index is 1330. The predicted octanol–water partition coefficient (Wildman–Crippen LogP) is 3.64. The van der Waals surface area contributed by atoms with E-state index in [4.69, 9.17) is 0 Å². The molecule has 1 N–H and O–H groups in total. The molecule has 4 aromatic rings. The van der Waals surface area contributed by atoms with Gasteiger partial charge in [0.05, 0.1) is 17.8 Å². The number of hydrogen-bond acceptors (Lipinski definition) is 3. The summed E-state index contributed by atoms with van der Waals surface area (Å²) < 4.78 is 3.18. The van der Waals surface area contributed by atoms with E-state index in [2.05, 4.69) is 22.5 Å². The van der Waals surface area contributed by atoms with Gasteiger partial charge in [0.2, 0.25) is 5.91 Å². The van der Waals surface area contributed by atoms with Crippen molar-refractivity contribution in [1.29, 1.82) is 0 Å². The molecule has 6 nitrogen and oxygen atoms in total. The molecule has 0 radical (unpaired) electrons. The van der Waals surface area contributed by atoms with E-state index in [1.807, 2.05) is 47.9 Å². The van der Waals surface area contributed by atoms with Crippen LogP contribution in [0, 0.1) is 0 Å². The van der Waals surface area contributed by atoms with Gasteiger partial charge in [0.1, 0.15) is 11.6 Å². The van der Waals surface area contributed by atoms with E-state index in [9.17, 15) is 9.59 Å². The van der Waals surface area contributed by atoms with Gasteiger partial charge >= 0.3 is 0 Å². The van der Waals surface area contributed by atoms with Crippen LogP contribution in [0.5, 0.6) is 0 Å². The third-order valence-electron chi connectivity index (χ3n) is 6.26. The number of fused-ring (bicyclic) bond motifs is 4. The zero-order valence-electron chi connectivity index (χ0n) is 17.1. The SMILES string of the molecule is CC(C(=O)NC1CCCc2ccccc21)n1c2ccccc2c2cnn(C)c(=O)c21. The second-order valence-electron chi connectivity index (χ2n) is 8.05. The highest BCUT2D eigenvalue weighted by molar-refractivity contribution is 6.08. The van der Waals surface area contributed by atoms with E-state index in [1.54, 1.807) is 13.2 Å². The Hall–Kier alpha value is -3.41. The van der Waals surface area contributed by atoms with Crippen LogP contribution in [0.2, 0.25) is 0 Å². The molecule has 0 fully saturated rings. The monoisotopic (exact) mass is 400 g/mol. The summed E-state index contributed by atoms with van der Waals surface area (Å²) in [7, 11) is 1.63. The number of benzene rings is 2. The molecule has 2 heterocycles. The summed E-state index contributed by atoms with van der Waals surface area (Å²) in [5.74, 6) is -0.0850. The first kappa shape index (κ1) is 18.6. The molecule has 0 saturated heterocycles. The first-order valence-electron chi connectivity index (χ1n) is 10.4. The number of nitrogens with zero attached hydrogens (tertiary/aromatic N) is 3. The van der Waals surface area contributed by atoms with Gasteiger partial charge in [-0.2, -0.15) is 5.10 Å². The number of nitrogens with one attached hydrogen (secondary N) is 1. The van der Waals surface area contributed by atoms with E-state index in [0.717, 1.165) is 35.6 Å². The molecular formula is C24H24N4O2. The number of carbonyl (C=O) groups excluding carboxylic acids is 1. The Morgan fingerprint density at radius 2 is 1.90 bits per heavy atom. The summed E-state index contributed by atoms with van der Waals surface area (Å²) in [5, 5.41) is 9.13. The molecule has 1 amide bonds. The fourth-order valence-electron chi connectivity index (χ4n) is 4.70. The number of para-hydroxylation sites is 1. The van der Waals surface area contributed by atoms with Gasteiger partial charge in [-0.25, -0.2) is 4.68 Å². The van der Waals surface area contributed by atoms with E-state index in [1.165, 1.54) is 15.8 Å². The minimum Gasteiger partial charge on any atom is -0.347 e. The molecule has 0 saturated carbocycles. The maximum atomic E-state index is 13.3. The Balaban J connectivity index is 1.58. The van der Waals surface area contributed by atoms with Crippen molar-refractivity contribution in [1.82, 2.24) is 19.7 Å². The van der Waals surface area contributed by atoms with Gasteiger partial charge in [0, 0.05) is 17.8 Å². The first-order chi connectivity index (χ1) is 14.6. The molecule has 2 aromatic heterocycles. The Morgan fingerprint density at radius 3 is 2.77 bits per heavy atom. The normalized spacial score (nSPS) is 17.1. The number of aromatic nitrogens is 3. The Kier molecular flexibility index (Phi) is 4.42. The largest absolute Gasteiger partial charge is 0.347 e. The van der Waals surface area contributed by atoms with Crippen molar-refractivity contribution in [3.05, 3.63) is 76.2 Å². The van der Waals surface area contributed by atoms with Crippen molar-refractivity contribution in [2.24, 2.45) is 7.05 Å². The maximum absolute atomic E-state index is 13.3. The summed E-state index contributed by atoms with van der Waals surface area (Å²) in [6.45, 7) is 1.86. The first-order valence-corrected chi connectivity index (χ1v) is 10.4. The molecular weight excluding hydrogens is 376 g/mol. The average molecular weight is 400 g/mol. The molecule has 0 bridgehead atoms. The van der Waals surface area contributed by atoms with E-state index in [0.29, 0.717) is 5.52 Å².